The topological polar surface area (TPSA) is 37.3 Å². The summed E-state index contributed by atoms with van der Waals surface area (Å²) in [5.74, 6) is 0. The highest BCUT2D eigenvalue weighted by Gasteiger charge is 2.28. The highest BCUT2D eigenvalue weighted by Crippen LogP contribution is 2.34. The van der Waals surface area contributed by atoms with Gasteiger partial charge in [0.2, 0.25) is 0 Å². The summed E-state index contributed by atoms with van der Waals surface area (Å²) in [4.78, 5) is 3.72. The molecule has 1 aliphatic rings. The number of aromatic nitrogens is 2. The number of benzene rings is 3. The van der Waals surface area contributed by atoms with Crippen LogP contribution in [0.5, 0.6) is 0 Å². The molecule has 3 nitrogen and oxygen atoms in total. The van der Waals surface area contributed by atoms with Crippen molar-refractivity contribution in [2.75, 3.05) is 6.54 Å². The van der Waals surface area contributed by atoms with E-state index in [1.54, 1.807) is 0 Å². The maximum atomic E-state index is 3.72. The number of aromatic amines is 1. The number of nitrogens with one attached hydrogen (secondary N) is 1. The van der Waals surface area contributed by atoms with E-state index in [1.807, 2.05) is 0 Å². The van der Waals surface area contributed by atoms with Gasteiger partial charge in [0.05, 0.1) is 12.2 Å². The van der Waals surface area contributed by atoms with Gasteiger partial charge in [-0.1, -0.05) is 42.5 Å². The molecule has 0 amide bonds. The molecule has 0 bridgehead atoms. The maximum Gasteiger partial charge on any atom is 0.153 e. The fourth-order valence-electron chi connectivity index (χ4n) is 4.95. The van der Waals surface area contributed by atoms with Gasteiger partial charge in [-0.2, -0.15) is 0 Å². The summed E-state index contributed by atoms with van der Waals surface area (Å²) in [5, 5.41) is 6.55. The van der Waals surface area contributed by atoms with E-state index in [1.165, 1.54) is 49.5 Å². The molecule has 3 aromatic carbocycles. The average molecular weight is 352 g/mol. The number of rotatable bonds is 1. The molecule has 3 N–H and O–H groups in total. The lowest BCUT2D eigenvalue weighted by Crippen LogP contribution is -2.87. The molecule has 0 saturated heterocycles. The second kappa shape index (κ2) is 5.48. The Kier molecular flexibility index (Phi) is 3.06. The van der Waals surface area contributed by atoms with Gasteiger partial charge in [0, 0.05) is 51.7 Å². The van der Waals surface area contributed by atoms with Gasteiger partial charge >= 0.3 is 0 Å². The zero-order valence-corrected chi connectivity index (χ0v) is 15.4. The van der Waals surface area contributed by atoms with Gasteiger partial charge in [0.15, 0.2) is 6.04 Å². The van der Waals surface area contributed by atoms with Crippen molar-refractivity contribution in [3.05, 3.63) is 83.6 Å². The standard InChI is InChI=1S/C24H21N3/c1-27-21-9-5-3-7-17(21)19-14-15(10-11-22(19)27)23-24-18(12-13-25-23)16-6-2-4-8-20(16)26-24/h2-11,14,23,25-26H,12-13H2,1H3/p+1/t23-/m0/s1. The first-order chi connectivity index (χ1) is 13.3. The Labute approximate surface area is 157 Å². The predicted octanol–water partition coefficient (Wildman–Crippen LogP) is 4.02. The fraction of sp³-hybridized carbons (Fsp3) is 0.167. The Morgan fingerprint density at radius 2 is 1.67 bits per heavy atom. The van der Waals surface area contributed by atoms with Gasteiger partial charge in [-0.25, -0.2) is 0 Å². The Morgan fingerprint density at radius 1 is 0.889 bits per heavy atom. The maximum absolute atomic E-state index is 3.72. The molecule has 0 spiro atoms. The normalized spacial score (nSPS) is 17.0. The second-order valence-corrected chi connectivity index (χ2v) is 7.67. The van der Waals surface area contributed by atoms with Crippen LogP contribution in [0.4, 0.5) is 0 Å². The summed E-state index contributed by atoms with van der Waals surface area (Å²) in [6, 6.07) is 24.7. The van der Waals surface area contributed by atoms with E-state index in [0.717, 1.165) is 13.0 Å². The Balaban J connectivity index is 1.58. The van der Waals surface area contributed by atoms with Gasteiger partial charge in [-0.15, -0.1) is 0 Å². The summed E-state index contributed by atoms with van der Waals surface area (Å²) in [6.07, 6.45) is 1.13. The molecule has 1 atom stereocenters. The number of nitrogens with zero attached hydrogens (tertiary/aromatic N) is 1. The van der Waals surface area contributed by atoms with Crippen molar-refractivity contribution in [3.63, 3.8) is 0 Å². The first kappa shape index (κ1) is 15.1. The molecule has 0 unspecified atom stereocenters. The molecule has 132 valence electrons. The number of aryl methyl sites for hydroxylation is 1. The van der Waals surface area contributed by atoms with Crippen LogP contribution in [-0.4, -0.2) is 16.1 Å². The largest absolute Gasteiger partial charge is 0.353 e. The Morgan fingerprint density at radius 3 is 2.59 bits per heavy atom. The quantitative estimate of drug-likeness (QED) is 0.457. The molecule has 0 aliphatic carbocycles. The molecular weight excluding hydrogens is 330 g/mol. The van der Waals surface area contributed by atoms with E-state index in [-0.39, 0.29) is 0 Å². The molecule has 0 fully saturated rings. The van der Waals surface area contributed by atoms with Crippen LogP contribution in [0.1, 0.15) is 22.9 Å². The summed E-state index contributed by atoms with van der Waals surface area (Å²) >= 11 is 0. The molecule has 3 heteroatoms. The van der Waals surface area contributed by atoms with Crippen molar-refractivity contribution in [2.45, 2.75) is 12.5 Å². The van der Waals surface area contributed by atoms with Gasteiger partial charge in [0.1, 0.15) is 0 Å². The van der Waals surface area contributed by atoms with Crippen molar-refractivity contribution in [3.8, 4) is 0 Å². The molecule has 27 heavy (non-hydrogen) atoms. The van der Waals surface area contributed by atoms with Crippen LogP contribution in [0.2, 0.25) is 0 Å². The van der Waals surface area contributed by atoms with E-state index in [2.05, 4.69) is 88.6 Å². The van der Waals surface area contributed by atoms with E-state index < -0.39 is 0 Å². The fourth-order valence-corrected chi connectivity index (χ4v) is 4.95. The first-order valence-corrected chi connectivity index (χ1v) is 9.71. The van der Waals surface area contributed by atoms with E-state index in [4.69, 9.17) is 0 Å². The van der Waals surface area contributed by atoms with Gasteiger partial charge < -0.3 is 14.9 Å². The van der Waals surface area contributed by atoms with Crippen LogP contribution in [0.3, 0.4) is 0 Å². The van der Waals surface area contributed by atoms with Crippen LogP contribution in [0, 0.1) is 0 Å². The monoisotopic (exact) mass is 352 g/mol. The lowest BCUT2D eigenvalue weighted by atomic mass is 9.93. The minimum Gasteiger partial charge on any atom is -0.353 e. The third-order valence-corrected chi connectivity index (χ3v) is 6.25. The summed E-state index contributed by atoms with van der Waals surface area (Å²) in [5.41, 5.74) is 8.11. The smallest absolute Gasteiger partial charge is 0.153 e. The lowest BCUT2D eigenvalue weighted by molar-refractivity contribution is -0.690. The van der Waals surface area contributed by atoms with E-state index >= 15 is 0 Å². The molecule has 0 saturated carbocycles. The van der Waals surface area contributed by atoms with Crippen molar-refractivity contribution in [1.29, 1.82) is 0 Å². The van der Waals surface area contributed by atoms with Crippen molar-refractivity contribution in [1.82, 2.24) is 9.55 Å². The average Bonchev–Trinajstić information content (AvgIpc) is 3.24. The summed E-state index contributed by atoms with van der Waals surface area (Å²) in [6.45, 7) is 1.13. The first-order valence-electron chi connectivity index (χ1n) is 9.71. The number of fused-ring (bicyclic) bond motifs is 6. The molecule has 6 rings (SSSR count). The number of hydrogen-bond acceptors (Lipinski definition) is 0. The predicted molar refractivity (Wildman–Crippen MR) is 111 cm³/mol. The van der Waals surface area contributed by atoms with Crippen molar-refractivity contribution in [2.24, 2.45) is 7.05 Å². The zero-order chi connectivity index (χ0) is 18.0. The minimum absolute atomic E-state index is 0.338. The number of nitrogens with two attached hydrogens (primary N) is 1. The number of para-hydroxylation sites is 2. The van der Waals surface area contributed by atoms with Crippen LogP contribution in [0.25, 0.3) is 32.7 Å². The highest BCUT2D eigenvalue weighted by molar-refractivity contribution is 6.08. The van der Waals surface area contributed by atoms with Crippen LogP contribution in [0.15, 0.2) is 66.7 Å². The Hall–Kier alpha value is -3.04. The molecule has 0 radical (unpaired) electrons. The number of quaternary nitrogens is 1. The van der Waals surface area contributed by atoms with Crippen molar-refractivity contribution >= 4 is 32.7 Å². The number of H-pyrrole nitrogens is 1. The van der Waals surface area contributed by atoms with Crippen LogP contribution >= 0.6 is 0 Å². The molecule has 5 aromatic rings. The molecule has 2 aromatic heterocycles. The van der Waals surface area contributed by atoms with Crippen LogP contribution in [-0.2, 0) is 13.5 Å². The minimum atomic E-state index is 0.338. The second-order valence-electron chi connectivity index (χ2n) is 7.67. The molecule has 3 heterocycles. The number of hydrogen-bond donors (Lipinski definition) is 2. The lowest BCUT2D eigenvalue weighted by Gasteiger charge is -2.21. The summed E-state index contributed by atoms with van der Waals surface area (Å²) < 4.78 is 2.30. The third-order valence-electron chi connectivity index (χ3n) is 6.25. The molecule has 1 aliphatic heterocycles. The zero-order valence-electron chi connectivity index (χ0n) is 15.4. The van der Waals surface area contributed by atoms with Crippen molar-refractivity contribution < 1.29 is 5.32 Å². The third kappa shape index (κ3) is 2.06. The van der Waals surface area contributed by atoms with Gasteiger partial charge in [-0.3, -0.25) is 0 Å². The highest BCUT2D eigenvalue weighted by atomic mass is 15.0. The SMILES string of the molecule is Cn1c2ccccc2c2cc([C@@H]3[NH2+]CCc4c3[nH]c3ccccc43)ccc21. The summed E-state index contributed by atoms with van der Waals surface area (Å²) in [7, 11) is 2.16. The van der Waals surface area contributed by atoms with E-state index in [9.17, 15) is 0 Å². The van der Waals surface area contributed by atoms with E-state index in [0.29, 0.717) is 6.04 Å². The molecular formula is C24H22N3+. The van der Waals surface area contributed by atoms with Gasteiger partial charge in [-0.05, 0) is 29.8 Å². The Bertz CT molecular complexity index is 1320. The van der Waals surface area contributed by atoms with Crippen LogP contribution < -0.4 is 5.32 Å². The van der Waals surface area contributed by atoms with Gasteiger partial charge in [0.25, 0.3) is 0 Å².